The molecule has 0 fully saturated rings. The summed E-state index contributed by atoms with van der Waals surface area (Å²) in [7, 11) is 7.36. The third-order valence-corrected chi connectivity index (χ3v) is 6.88. The number of amides is 1. The molecule has 1 aromatic carbocycles. The molecule has 0 aliphatic carbocycles. The fourth-order valence-electron chi connectivity index (χ4n) is 1.42. The molecule has 194 valence electrons. The number of nitrogens with one attached hydrogen (secondary N) is 1. The van der Waals surface area contributed by atoms with Crippen molar-refractivity contribution >= 4 is 107 Å². The number of carboxylic acids is 1. The van der Waals surface area contributed by atoms with Gasteiger partial charge < -0.3 is 10.4 Å². The van der Waals surface area contributed by atoms with Crippen LogP contribution in [0.4, 0.5) is 0 Å². The third-order valence-electron chi connectivity index (χ3n) is 3.18. The van der Waals surface area contributed by atoms with Gasteiger partial charge in [-0.3, -0.25) is 14.4 Å². The van der Waals surface area contributed by atoms with Crippen molar-refractivity contribution in [3.8, 4) is 0 Å². The molecule has 1 amide bonds. The number of aliphatic carboxylic acids is 1. The second-order valence-corrected chi connectivity index (χ2v) is 11.9. The molecule has 0 aliphatic rings. The van der Waals surface area contributed by atoms with E-state index in [1.165, 1.54) is 0 Å². The van der Waals surface area contributed by atoms with E-state index in [9.17, 15) is 14.4 Å². The average Bonchev–Trinajstić information content (AvgIpc) is 2.76. The first-order valence-corrected chi connectivity index (χ1v) is 15.2. The Morgan fingerprint density at radius 3 is 1.58 bits per heavy atom. The number of carbonyl (C=O) groups excluding carboxylic acids is 2. The van der Waals surface area contributed by atoms with Crippen molar-refractivity contribution in [1.29, 1.82) is 0 Å². The molecule has 0 bridgehead atoms. The van der Waals surface area contributed by atoms with Gasteiger partial charge in [-0.15, -0.1) is 0 Å². The van der Waals surface area contributed by atoms with E-state index in [1.54, 1.807) is 0 Å². The molecule has 6 nitrogen and oxygen atoms in total. The van der Waals surface area contributed by atoms with Crippen molar-refractivity contribution in [2.24, 2.45) is 0 Å². The molecule has 0 radical (unpaired) electrons. The van der Waals surface area contributed by atoms with Crippen molar-refractivity contribution in [3.63, 3.8) is 0 Å². The highest BCUT2D eigenvalue weighted by molar-refractivity contribution is 9.10. The van der Waals surface area contributed by atoms with Gasteiger partial charge in [-0.05, 0) is 36.4 Å². The van der Waals surface area contributed by atoms with Gasteiger partial charge in [0.2, 0.25) is 20.4 Å². The number of carboxylic acid groups (broad SMARTS) is 1. The second-order valence-electron chi connectivity index (χ2n) is 5.66. The summed E-state index contributed by atoms with van der Waals surface area (Å²) >= 11 is 14.3. The summed E-state index contributed by atoms with van der Waals surface area (Å²) in [6.45, 7) is 6.27. The first-order chi connectivity index (χ1) is 14.8. The number of alkyl halides is 3. The van der Waals surface area contributed by atoms with Crippen LogP contribution in [0, 0.1) is 0 Å². The second kappa shape index (κ2) is 26.9. The summed E-state index contributed by atoms with van der Waals surface area (Å²) in [4.78, 5) is 30.8. The van der Waals surface area contributed by atoms with Gasteiger partial charge in [0.15, 0.2) is 0 Å². The zero-order valence-corrected chi connectivity index (χ0v) is 25.5. The van der Waals surface area contributed by atoms with E-state index in [0.29, 0.717) is 13.0 Å². The maximum atomic E-state index is 11.4. The van der Waals surface area contributed by atoms with E-state index in [4.69, 9.17) is 20.9 Å². The maximum absolute atomic E-state index is 11.4. The Hall–Kier alpha value is 0.290. The zero-order chi connectivity index (χ0) is 25.7. The highest BCUT2D eigenvalue weighted by Crippen LogP contribution is 2.07. The van der Waals surface area contributed by atoms with Gasteiger partial charge in [0.05, 0.1) is 9.65 Å². The quantitative estimate of drug-likeness (QED) is 0.215. The summed E-state index contributed by atoms with van der Waals surface area (Å²) in [5.41, 5.74) is 1.12. The van der Waals surface area contributed by atoms with Crippen LogP contribution in [-0.2, 0) is 30.2 Å². The molecular formula is C20H31Br3Cl3NO5S. The van der Waals surface area contributed by atoms with E-state index >= 15 is 0 Å². The molecule has 0 heterocycles. The largest absolute Gasteiger partial charge is 0.480 e. The maximum Gasteiger partial charge on any atom is 0.317 e. The minimum absolute atomic E-state index is 0. The molecule has 2 N–H and O–H groups in total. The first-order valence-electron chi connectivity index (χ1n) is 9.23. The van der Waals surface area contributed by atoms with Crippen LogP contribution in [0.15, 0.2) is 30.3 Å². The molecule has 0 saturated carbocycles. The Labute approximate surface area is 238 Å². The van der Waals surface area contributed by atoms with Crippen molar-refractivity contribution in [2.75, 3.05) is 0 Å². The lowest BCUT2D eigenvalue weighted by atomic mass is 10.2. The summed E-state index contributed by atoms with van der Waals surface area (Å²) < 4.78 is 9.09. The van der Waals surface area contributed by atoms with Crippen LogP contribution >= 0.6 is 80.8 Å². The van der Waals surface area contributed by atoms with Crippen molar-refractivity contribution in [3.05, 3.63) is 35.9 Å². The lowest BCUT2D eigenvalue weighted by molar-refractivity contribution is -0.136. The molecule has 0 spiro atoms. The minimum Gasteiger partial charge on any atom is -0.480 e. The summed E-state index contributed by atoms with van der Waals surface area (Å²) in [5.74, 6) is -0.737. The van der Waals surface area contributed by atoms with Crippen LogP contribution < -0.4 is 5.32 Å². The highest BCUT2D eigenvalue weighted by Gasteiger charge is 2.11. The van der Waals surface area contributed by atoms with Crippen molar-refractivity contribution in [2.45, 2.75) is 68.5 Å². The van der Waals surface area contributed by atoms with Gasteiger partial charge in [0.25, 0.3) is 0 Å². The number of hydrogen-bond donors (Lipinski definition) is 2. The van der Waals surface area contributed by atoms with Gasteiger partial charge in [0.1, 0.15) is 4.83 Å². The van der Waals surface area contributed by atoms with E-state index in [-0.39, 0.29) is 33.1 Å². The predicted octanol–water partition coefficient (Wildman–Crippen LogP) is 7.32. The van der Waals surface area contributed by atoms with Crippen LogP contribution in [0.25, 0.3) is 0 Å². The Morgan fingerprint density at radius 2 is 1.33 bits per heavy atom. The molecule has 1 aromatic rings. The fourth-order valence-corrected chi connectivity index (χ4v) is 1.73. The standard InChI is InChI=1S/C11H14BrNO.C4H6BrClO.C4H7BrO2.CH4.Cl2OS/c1-2-10(12)11(14)13-8-9-6-4-3-5-7-9;2*1-2-3(5)4(6)7;;1-4(2)3/h3-7,10H,2,8H2,1H3,(H,13,14);3H,2H2,1H3;3H,2H2,1H3,(H,6,7);1H4;. The van der Waals surface area contributed by atoms with Gasteiger partial charge >= 0.3 is 5.97 Å². The highest BCUT2D eigenvalue weighted by atomic mass is 79.9. The Kier molecular flexibility index (Phi) is 33.0. The van der Waals surface area contributed by atoms with Crippen LogP contribution in [0.1, 0.15) is 53.0 Å². The Bertz CT molecular complexity index is 652. The molecular weight excluding hydrogens is 712 g/mol. The lowest BCUT2D eigenvalue weighted by Crippen LogP contribution is -2.30. The topological polar surface area (TPSA) is 101 Å². The molecule has 0 aliphatic heterocycles. The van der Waals surface area contributed by atoms with Crippen LogP contribution in [0.3, 0.4) is 0 Å². The molecule has 3 unspecified atom stereocenters. The number of benzene rings is 1. The normalized spacial score (nSPS) is 11.9. The van der Waals surface area contributed by atoms with E-state index in [1.807, 2.05) is 51.1 Å². The molecule has 0 saturated heterocycles. The molecule has 33 heavy (non-hydrogen) atoms. The molecule has 1 rings (SSSR count). The van der Waals surface area contributed by atoms with Crippen LogP contribution in [-0.4, -0.2) is 40.9 Å². The smallest absolute Gasteiger partial charge is 0.317 e. The number of halogens is 6. The lowest BCUT2D eigenvalue weighted by Gasteiger charge is -2.08. The molecule has 3 atom stereocenters. The predicted molar refractivity (Wildman–Crippen MR) is 152 cm³/mol. The number of rotatable bonds is 8. The van der Waals surface area contributed by atoms with Gasteiger partial charge in [0, 0.05) is 27.9 Å². The zero-order valence-electron chi connectivity index (χ0n) is 17.7. The average molecular weight is 744 g/mol. The summed E-state index contributed by atoms with van der Waals surface area (Å²) in [6.07, 6.45) is 2.19. The number of carbonyl (C=O) groups is 3. The minimum atomic E-state index is -1.67. The molecule has 13 heteroatoms. The van der Waals surface area contributed by atoms with Gasteiger partial charge in [-0.2, -0.15) is 0 Å². The Morgan fingerprint density at radius 1 is 0.939 bits per heavy atom. The summed E-state index contributed by atoms with van der Waals surface area (Å²) in [5, 5.41) is 10.7. The summed E-state index contributed by atoms with van der Waals surface area (Å²) in [6, 6.07) is 9.88. The van der Waals surface area contributed by atoms with Crippen molar-refractivity contribution in [1.82, 2.24) is 5.32 Å². The van der Waals surface area contributed by atoms with E-state index in [2.05, 4.69) is 74.5 Å². The van der Waals surface area contributed by atoms with E-state index < -0.39 is 15.2 Å². The fraction of sp³-hybridized carbons (Fsp3) is 0.550. The first kappa shape index (κ1) is 40.5. The van der Waals surface area contributed by atoms with E-state index in [0.717, 1.165) is 18.4 Å². The van der Waals surface area contributed by atoms with Gasteiger partial charge in [-0.1, -0.05) is 106 Å². The monoisotopic (exact) mass is 739 g/mol. The molecule has 0 aromatic heterocycles. The third kappa shape index (κ3) is 30.3. The van der Waals surface area contributed by atoms with Crippen LogP contribution in [0.2, 0.25) is 0 Å². The van der Waals surface area contributed by atoms with Crippen LogP contribution in [0.5, 0.6) is 0 Å². The van der Waals surface area contributed by atoms with Crippen molar-refractivity contribution < 1.29 is 23.7 Å². The SMILES string of the molecule is C.CCC(Br)C(=O)Cl.CCC(Br)C(=O)NCc1ccccc1.CCC(Br)C(=O)O.O=S(Cl)Cl. The Balaban J connectivity index is -0.000000189. The number of hydrogen-bond acceptors (Lipinski definition) is 4. The van der Waals surface area contributed by atoms with Gasteiger partial charge in [-0.25, -0.2) is 4.21 Å².